The highest BCUT2D eigenvalue weighted by atomic mass is 32.2. The van der Waals surface area contributed by atoms with Gasteiger partial charge in [0.25, 0.3) is 10.1 Å². The van der Waals surface area contributed by atoms with Gasteiger partial charge in [-0.1, -0.05) is 34.1 Å². The zero-order valence-corrected chi connectivity index (χ0v) is 40.3. The summed E-state index contributed by atoms with van der Waals surface area (Å²) >= 11 is 8.77. The van der Waals surface area contributed by atoms with Gasteiger partial charge >= 0.3 is 11.9 Å². The lowest BCUT2D eigenvalue weighted by Crippen LogP contribution is -2.49. The maximum Gasteiger partial charge on any atom is 0.311 e. The van der Waals surface area contributed by atoms with Crippen LogP contribution in [0, 0.1) is 16.2 Å². The van der Waals surface area contributed by atoms with E-state index in [0.717, 1.165) is 38.0 Å². The minimum atomic E-state index is -4.03. The van der Waals surface area contributed by atoms with Crippen molar-refractivity contribution in [3.8, 4) is 0 Å². The molecule has 346 valence electrons. The number of carboxylic acid groups (broad SMARTS) is 1. The number of carboxylic acids is 1. The van der Waals surface area contributed by atoms with Gasteiger partial charge in [0.15, 0.2) is 0 Å². The Kier molecular flexibility index (Phi) is 26.1. The standard InChI is InChI=1S/C41H79N5O10S3/c1-10-40(4,37(51)44-22-15-25-45(6,7)24-13-19-35(48)49)32-41(5,38(52)56-28-23-42-34(47)18-12-11-17-33(58)20-29-57)31-39(2,3)36(50)43-21-14-26-46(8,9)27-16-30-59(53,54)55/h33H,10-32H2,1-9H3,(H5-2,42,43,44,47,48,49,50,51,53,54,55,57,58)/p+2. The smallest absolute Gasteiger partial charge is 0.311 e. The lowest BCUT2D eigenvalue weighted by atomic mass is 9.64. The number of amides is 3. The average molecular weight is 900 g/mol. The molecule has 59 heavy (non-hydrogen) atoms. The predicted octanol–water partition coefficient (Wildman–Crippen LogP) is 4.36. The number of aliphatic carboxylic acids is 1. The maximum absolute atomic E-state index is 14.1. The van der Waals surface area contributed by atoms with Crippen molar-refractivity contribution in [2.75, 3.05) is 92.1 Å². The zero-order chi connectivity index (χ0) is 45.6. The predicted molar refractivity (Wildman–Crippen MR) is 240 cm³/mol. The molecule has 3 atom stereocenters. The molecule has 0 aliphatic carbocycles. The molecule has 0 heterocycles. The normalized spacial score (nSPS) is 15.1. The third kappa shape index (κ3) is 26.1. The minimum Gasteiger partial charge on any atom is -0.481 e. The number of hydrogen-bond donors (Lipinski definition) is 7. The average Bonchev–Trinajstić information content (AvgIpc) is 3.10. The fourth-order valence-corrected chi connectivity index (χ4v) is 8.79. The molecule has 0 radical (unpaired) electrons. The fraction of sp³-hybridized carbons (Fsp3) is 0.878. The molecule has 15 nitrogen and oxygen atoms in total. The second-order valence-electron chi connectivity index (χ2n) is 18.7. The Morgan fingerprint density at radius 1 is 0.712 bits per heavy atom. The van der Waals surface area contributed by atoms with Gasteiger partial charge in [-0.05, 0) is 51.2 Å². The topological polar surface area (TPSA) is 205 Å². The summed E-state index contributed by atoms with van der Waals surface area (Å²) in [5.41, 5.74) is -3.30. The fourth-order valence-electron chi connectivity index (χ4n) is 7.47. The molecule has 0 bridgehead atoms. The second-order valence-corrected chi connectivity index (χ2v) is 21.5. The first-order valence-corrected chi connectivity index (χ1v) is 24.0. The molecular formula is C41H81N5O10S3+2. The van der Waals surface area contributed by atoms with Crippen molar-refractivity contribution < 1.29 is 55.8 Å². The molecular weight excluding hydrogens is 819 g/mol. The van der Waals surface area contributed by atoms with E-state index in [-0.39, 0.29) is 61.1 Å². The van der Waals surface area contributed by atoms with Gasteiger partial charge in [0.1, 0.15) is 6.61 Å². The van der Waals surface area contributed by atoms with Gasteiger partial charge in [0.2, 0.25) is 17.7 Å². The van der Waals surface area contributed by atoms with E-state index in [2.05, 4.69) is 41.2 Å². The van der Waals surface area contributed by atoms with Crippen LogP contribution in [0.3, 0.4) is 0 Å². The molecule has 0 aromatic heterocycles. The molecule has 0 aliphatic heterocycles. The molecule has 0 spiro atoms. The zero-order valence-electron chi connectivity index (χ0n) is 37.7. The molecule has 3 unspecified atom stereocenters. The van der Waals surface area contributed by atoms with E-state index in [1.807, 2.05) is 42.0 Å². The molecule has 18 heteroatoms. The van der Waals surface area contributed by atoms with Gasteiger partial charge < -0.3 is 34.8 Å². The van der Waals surface area contributed by atoms with Gasteiger partial charge in [0.05, 0.1) is 78.5 Å². The van der Waals surface area contributed by atoms with Crippen LogP contribution in [-0.4, -0.2) is 154 Å². The summed E-state index contributed by atoms with van der Waals surface area (Å²) in [6.07, 6.45) is 6.64. The van der Waals surface area contributed by atoms with E-state index in [4.69, 9.17) is 14.4 Å². The van der Waals surface area contributed by atoms with E-state index < -0.39 is 38.3 Å². The Morgan fingerprint density at radius 2 is 1.25 bits per heavy atom. The number of ether oxygens (including phenoxy) is 1. The number of hydrogen-bond acceptors (Lipinski definition) is 10. The van der Waals surface area contributed by atoms with Crippen LogP contribution in [0.25, 0.3) is 0 Å². The van der Waals surface area contributed by atoms with E-state index in [1.165, 1.54) is 0 Å². The number of esters is 1. The molecule has 3 amide bonds. The monoisotopic (exact) mass is 900 g/mol. The van der Waals surface area contributed by atoms with Crippen molar-refractivity contribution in [3.63, 3.8) is 0 Å². The number of unbranched alkanes of at least 4 members (excludes halogenated alkanes) is 1. The molecule has 0 aliphatic rings. The highest BCUT2D eigenvalue weighted by Crippen LogP contribution is 2.45. The maximum atomic E-state index is 14.1. The van der Waals surface area contributed by atoms with Crippen LogP contribution in [0.15, 0.2) is 0 Å². The summed E-state index contributed by atoms with van der Waals surface area (Å²) in [7, 11) is 3.94. The number of nitrogens with zero attached hydrogens (tertiary/aromatic N) is 2. The van der Waals surface area contributed by atoms with E-state index in [1.54, 1.807) is 20.8 Å². The number of quaternary nitrogens is 2. The highest BCUT2D eigenvalue weighted by Gasteiger charge is 2.49. The van der Waals surface area contributed by atoms with Crippen molar-refractivity contribution in [2.24, 2.45) is 16.2 Å². The number of carbonyl (C=O) groups is 5. The summed E-state index contributed by atoms with van der Waals surface area (Å²) < 4.78 is 38.2. The molecule has 0 aromatic rings. The van der Waals surface area contributed by atoms with E-state index >= 15 is 0 Å². The van der Waals surface area contributed by atoms with Crippen molar-refractivity contribution >= 4 is 65.0 Å². The van der Waals surface area contributed by atoms with Crippen LogP contribution in [0.2, 0.25) is 0 Å². The van der Waals surface area contributed by atoms with Crippen LogP contribution in [0.5, 0.6) is 0 Å². The lowest BCUT2D eigenvalue weighted by Gasteiger charge is -2.40. The van der Waals surface area contributed by atoms with Gasteiger partial charge in [-0.3, -0.25) is 28.5 Å². The summed E-state index contributed by atoms with van der Waals surface area (Å²) in [5.74, 6) is -1.53. The summed E-state index contributed by atoms with van der Waals surface area (Å²) in [4.78, 5) is 65.0. The van der Waals surface area contributed by atoms with Crippen molar-refractivity contribution in [1.29, 1.82) is 0 Å². The molecule has 0 saturated heterocycles. The van der Waals surface area contributed by atoms with Crippen molar-refractivity contribution in [2.45, 2.75) is 123 Å². The van der Waals surface area contributed by atoms with Crippen LogP contribution < -0.4 is 16.0 Å². The largest absolute Gasteiger partial charge is 0.481 e. The Bertz CT molecular complexity index is 1430. The van der Waals surface area contributed by atoms with Crippen molar-refractivity contribution in [1.82, 2.24) is 16.0 Å². The number of rotatable bonds is 34. The van der Waals surface area contributed by atoms with E-state index in [9.17, 15) is 32.4 Å². The summed E-state index contributed by atoms with van der Waals surface area (Å²) in [6, 6.07) is 0. The van der Waals surface area contributed by atoms with Crippen LogP contribution >= 0.6 is 25.3 Å². The SMILES string of the molecule is CCC(C)(CC(C)(CC(C)(C)C(=O)NCCC[N+](C)(C)CCCS(=O)(=O)O)C(=O)OCCNC(=O)CCCCC(S)CCS)C(=O)NCCC[N+](C)(C)CCCC(=O)O. The summed E-state index contributed by atoms with van der Waals surface area (Å²) in [6.45, 7) is 12.4. The van der Waals surface area contributed by atoms with Crippen LogP contribution in [0.1, 0.15) is 118 Å². The van der Waals surface area contributed by atoms with Crippen LogP contribution in [0.4, 0.5) is 0 Å². The van der Waals surface area contributed by atoms with Gasteiger partial charge in [-0.15, -0.1) is 0 Å². The molecule has 0 saturated carbocycles. The lowest BCUT2D eigenvalue weighted by molar-refractivity contribution is -0.890. The first-order chi connectivity index (χ1) is 27.1. The summed E-state index contributed by atoms with van der Waals surface area (Å²) in [5, 5.41) is 18.1. The third-order valence-electron chi connectivity index (χ3n) is 11.1. The number of carbonyl (C=O) groups excluding carboxylic acids is 4. The molecule has 0 rings (SSSR count). The molecule has 0 aromatic carbocycles. The van der Waals surface area contributed by atoms with Gasteiger partial charge in [-0.2, -0.15) is 33.7 Å². The Hall–Kier alpha value is -2.12. The first kappa shape index (κ1) is 56.9. The van der Waals surface area contributed by atoms with Crippen LogP contribution in [-0.2, 0) is 38.8 Å². The van der Waals surface area contributed by atoms with E-state index in [0.29, 0.717) is 80.2 Å². The molecule has 5 N–H and O–H groups in total. The number of thiol groups is 2. The Balaban J connectivity index is 5.74. The van der Waals surface area contributed by atoms with Crippen molar-refractivity contribution in [3.05, 3.63) is 0 Å². The number of nitrogens with one attached hydrogen (secondary N) is 3. The first-order valence-electron chi connectivity index (χ1n) is 21.2. The van der Waals surface area contributed by atoms with Gasteiger partial charge in [0, 0.05) is 61.3 Å². The third-order valence-corrected chi connectivity index (χ3v) is 12.7. The Labute approximate surface area is 367 Å². The molecule has 0 fully saturated rings. The Morgan fingerprint density at radius 3 is 1.78 bits per heavy atom. The minimum absolute atomic E-state index is 0.0682. The quantitative estimate of drug-likeness (QED) is 0.0160. The second kappa shape index (κ2) is 27.0. The van der Waals surface area contributed by atoms with Gasteiger partial charge in [-0.25, -0.2) is 0 Å². The highest BCUT2D eigenvalue weighted by molar-refractivity contribution is 7.85.